The summed E-state index contributed by atoms with van der Waals surface area (Å²) in [5.74, 6) is -1.03. The van der Waals surface area contributed by atoms with Gasteiger partial charge in [-0.2, -0.15) is 0 Å². The van der Waals surface area contributed by atoms with Crippen LogP contribution in [-0.2, 0) is 0 Å². The number of benzene rings is 1. The van der Waals surface area contributed by atoms with E-state index in [4.69, 9.17) is 4.42 Å². The SMILES string of the molecule is O=Cc1ccc(-c2cc(F)c(N3CCC(O)CC3)c(F)c2)o1. The topological polar surface area (TPSA) is 53.7 Å². The lowest BCUT2D eigenvalue weighted by Gasteiger charge is -2.32. The highest BCUT2D eigenvalue weighted by Gasteiger charge is 2.23. The Labute approximate surface area is 126 Å². The second-order valence-electron chi connectivity index (χ2n) is 5.33. The zero-order valence-corrected chi connectivity index (χ0v) is 11.8. The Kier molecular flexibility index (Phi) is 3.94. The van der Waals surface area contributed by atoms with Crippen molar-refractivity contribution in [3.63, 3.8) is 0 Å². The van der Waals surface area contributed by atoms with Gasteiger partial charge < -0.3 is 14.4 Å². The van der Waals surface area contributed by atoms with Crippen molar-refractivity contribution in [3.05, 3.63) is 41.7 Å². The molecule has 1 saturated heterocycles. The predicted octanol–water partition coefficient (Wildman–Crippen LogP) is 3.00. The molecule has 6 heteroatoms. The van der Waals surface area contributed by atoms with Crippen molar-refractivity contribution in [2.45, 2.75) is 18.9 Å². The van der Waals surface area contributed by atoms with Gasteiger partial charge in [-0.25, -0.2) is 8.78 Å². The minimum Gasteiger partial charge on any atom is -0.453 e. The molecule has 1 N–H and O–H groups in total. The molecule has 3 rings (SSSR count). The smallest absolute Gasteiger partial charge is 0.185 e. The molecule has 0 bridgehead atoms. The fraction of sp³-hybridized carbons (Fsp3) is 0.312. The molecule has 0 atom stereocenters. The molecule has 0 saturated carbocycles. The number of nitrogens with zero attached hydrogens (tertiary/aromatic N) is 1. The molecule has 0 spiro atoms. The molecule has 1 aromatic carbocycles. The third kappa shape index (κ3) is 2.74. The first-order valence-corrected chi connectivity index (χ1v) is 7.06. The molecule has 0 aliphatic carbocycles. The van der Waals surface area contributed by atoms with E-state index in [9.17, 15) is 18.7 Å². The zero-order chi connectivity index (χ0) is 15.7. The third-order valence-corrected chi connectivity index (χ3v) is 3.83. The van der Waals surface area contributed by atoms with Crippen molar-refractivity contribution < 1.29 is 23.1 Å². The Bertz CT molecular complexity index is 667. The molecule has 0 amide bonds. The van der Waals surface area contributed by atoms with Gasteiger partial charge in [0.15, 0.2) is 12.0 Å². The quantitative estimate of drug-likeness (QED) is 0.886. The summed E-state index contributed by atoms with van der Waals surface area (Å²) >= 11 is 0. The van der Waals surface area contributed by atoms with Gasteiger partial charge in [0.2, 0.25) is 0 Å². The summed E-state index contributed by atoms with van der Waals surface area (Å²) in [4.78, 5) is 12.2. The highest BCUT2D eigenvalue weighted by molar-refractivity contribution is 5.73. The fourth-order valence-corrected chi connectivity index (χ4v) is 2.67. The molecule has 1 aliphatic heterocycles. The molecule has 2 aromatic rings. The lowest BCUT2D eigenvalue weighted by Crippen LogP contribution is -2.36. The van der Waals surface area contributed by atoms with Gasteiger partial charge in [-0.15, -0.1) is 0 Å². The summed E-state index contributed by atoms with van der Waals surface area (Å²) in [5.41, 5.74) is 0.154. The van der Waals surface area contributed by atoms with Crippen molar-refractivity contribution in [1.82, 2.24) is 0 Å². The van der Waals surface area contributed by atoms with Crippen molar-refractivity contribution in [2.24, 2.45) is 0 Å². The highest BCUT2D eigenvalue weighted by atomic mass is 19.1. The van der Waals surface area contributed by atoms with Crippen molar-refractivity contribution >= 4 is 12.0 Å². The summed E-state index contributed by atoms with van der Waals surface area (Å²) in [6.45, 7) is 0.814. The van der Waals surface area contributed by atoms with Gasteiger partial charge in [0.25, 0.3) is 0 Å². The Morgan fingerprint density at radius 1 is 1.18 bits per heavy atom. The lowest BCUT2D eigenvalue weighted by molar-refractivity contribution is 0.110. The van der Waals surface area contributed by atoms with Crippen LogP contribution in [0.15, 0.2) is 28.7 Å². The first-order chi connectivity index (χ1) is 10.6. The number of aldehydes is 1. The normalized spacial score (nSPS) is 16.0. The summed E-state index contributed by atoms with van der Waals surface area (Å²) in [7, 11) is 0. The molecule has 1 fully saturated rings. The van der Waals surface area contributed by atoms with E-state index in [-0.39, 0.29) is 22.8 Å². The average Bonchev–Trinajstić information content (AvgIpc) is 2.97. The Morgan fingerprint density at radius 2 is 1.82 bits per heavy atom. The van der Waals surface area contributed by atoms with Crippen LogP contribution < -0.4 is 4.90 Å². The molecule has 1 aliphatic rings. The van der Waals surface area contributed by atoms with Gasteiger partial charge in [0.1, 0.15) is 23.1 Å². The molecular formula is C16H15F2NO3. The summed E-state index contributed by atoms with van der Waals surface area (Å²) in [5, 5.41) is 9.48. The molecule has 0 radical (unpaired) electrons. The number of aliphatic hydroxyl groups is 1. The Morgan fingerprint density at radius 3 is 2.36 bits per heavy atom. The number of hydrogen-bond donors (Lipinski definition) is 1. The number of carbonyl (C=O) groups is 1. The second kappa shape index (κ2) is 5.88. The van der Waals surface area contributed by atoms with Crippen LogP contribution in [0.5, 0.6) is 0 Å². The molecule has 2 heterocycles. The van der Waals surface area contributed by atoms with Gasteiger partial charge in [-0.1, -0.05) is 0 Å². The lowest BCUT2D eigenvalue weighted by atomic mass is 10.1. The molecule has 4 nitrogen and oxygen atoms in total. The van der Waals surface area contributed by atoms with E-state index in [1.165, 1.54) is 24.3 Å². The molecule has 0 unspecified atom stereocenters. The van der Waals surface area contributed by atoms with E-state index in [0.29, 0.717) is 32.2 Å². The summed E-state index contributed by atoms with van der Waals surface area (Å²) < 4.78 is 33.8. The minimum absolute atomic E-state index is 0.0854. The van der Waals surface area contributed by atoms with E-state index in [1.54, 1.807) is 4.90 Å². The van der Waals surface area contributed by atoms with Crippen molar-refractivity contribution in [2.75, 3.05) is 18.0 Å². The van der Waals surface area contributed by atoms with Gasteiger partial charge in [0, 0.05) is 18.7 Å². The van der Waals surface area contributed by atoms with Gasteiger partial charge in [-0.3, -0.25) is 4.79 Å². The Hall–Kier alpha value is -2.21. The molecular weight excluding hydrogens is 292 g/mol. The number of aliphatic hydroxyl groups excluding tert-OH is 1. The van der Waals surface area contributed by atoms with E-state index in [1.807, 2.05) is 0 Å². The largest absolute Gasteiger partial charge is 0.453 e. The average molecular weight is 307 g/mol. The minimum atomic E-state index is -0.685. The fourth-order valence-electron chi connectivity index (χ4n) is 2.67. The number of anilines is 1. The number of halogens is 2. The molecule has 116 valence electrons. The zero-order valence-electron chi connectivity index (χ0n) is 11.8. The van der Waals surface area contributed by atoms with Crippen LogP contribution in [0.1, 0.15) is 23.4 Å². The number of carbonyl (C=O) groups excluding carboxylic acids is 1. The highest BCUT2D eigenvalue weighted by Crippen LogP contribution is 2.32. The van der Waals surface area contributed by atoms with Crippen LogP contribution in [0.3, 0.4) is 0 Å². The third-order valence-electron chi connectivity index (χ3n) is 3.83. The molecule has 1 aromatic heterocycles. The molecule has 22 heavy (non-hydrogen) atoms. The number of hydrogen-bond acceptors (Lipinski definition) is 4. The first kappa shape index (κ1) is 14.7. The standard InChI is InChI=1S/C16H15F2NO3/c17-13-7-10(15-2-1-12(9-20)22-15)8-14(18)16(13)19-5-3-11(21)4-6-19/h1-2,7-9,11,21H,3-6H2. The van der Waals surface area contributed by atoms with Crippen LogP contribution in [0.25, 0.3) is 11.3 Å². The first-order valence-electron chi connectivity index (χ1n) is 7.06. The van der Waals surface area contributed by atoms with Gasteiger partial charge >= 0.3 is 0 Å². The number of furan rings is 1. The van der Waals surface area contributed by atoms with E-state index in [2.05, 4.69) is 0 Å². The maximum atomic E-state index is 14.3. The van der Waals surface area contributed by atoms with E-state index in [0.717, 1.165) is 0 Å². The predicted molar refractivity (Wildman–Crippen MR) is 76.9 cm³/mol. The number of rotatable bonds is 3. The maximum Gasteiger partial charge on any atom is 0.185 e. The van der Waals surface area contributed by atoms with E-state index >= 15 is 0 Å². The van der Waals surface area contributed by atoms with Crippen molar-refractivity contribution in [3.8, 4) is 11.3 Å². The summed E-state index contributed by atoms with van der Waals surface area (Å²) in [6.07, 6.45) is 1.10. The van der Waals surface area contributed by atoms with Crippen molar-refractivity contribution in [1.29, 1.82) is 0 Å². The van der Waals surface area contributed by atoms with E-state index < -0.39 is 17.7 Å². The van der Waals surface area contributed by atoms with Crippen LogP contribution in [0.4, 0.5) is 14.5 Å². The monoisotopic (exact) mass is 307 g/mol. The Balaban J connectivity index is 1.92. The van der Waals surface area contributed by atoms with Crippen LogP contribution in [0, 0.1) is 11.6 Å². The van der Waals surface area contributed by atoms with Gasteiger partial charge in [0.05, 0.1) is 6.10 Å². The second-order valence-corrected chi connectivity index (χ2v) is 5.33. The summed E-state index contributed by atoms with van der Waals surface area (Å²) in [6, 6.07) is 5.32. The van der Waals surface area contributed by atoms with Crippen LogP contribution >= 0.6 is 0 Å². The number of piperidine rings is 1. The van der Waals surface area contributed by atoms with Crippen LogP contribution in [0.2, 0.25) is 0 Å². The maximum absolute atomic E-state index is 14.3. The van der Waals surface area contributed by atoms with Crippen LogP contribution in [-0.4, -0.2) is 30.6 Å². The van der Waals surface area contributed by atoms with Gasteiger partial charge in [-0.05, 0) is 37.1 Å².